The summed E-state index contributed by atoms with van der Waals surface area (Å²) in [6, 6.07) is 0. The van der Waals surface area contributed by atoms with Gasteiger partial charge in [-0.1, -0.05) is 5.16 Å². The van der Waals surface area contributed by atoms with Gasteiger partial charge in [0.25, 0.3) is 0 Å². The van der Waals surface area contributed by atoms with Gasteiger partial charge in [0.05, 0.1) is 6.54 Å². The monoisotopic (exact) mass is 237 g/mol. The molecule has 1 aliphatic carbocycles. The van der Waals surface area contributed by atoms with Crippen LogP contribution in [0.5, 0.6) is 0 Å². The fourth-order valence-corrected chi connectivity index (χ4v) is 1.72. The summed E-state index contributed by atoms with van der Waals surface area (Å²) in [6.07, 6.45) is 4.71. The van der Waals surface area contributed by atoms with Crippen LogP contribution in [0.25, 0.3) is 0 Å². The summed E-state index contributed by atoms with van der Waals surface area (Å²) in [5.74, 6) is 0.527. The number of aryl methyl sites for hydroxylation is 1. The van der Waals surface area contributed by atoms with Crippen LogP contribution >= 0.6 is 0 Å². The Labute approximate surface area is 98.3 Å². The van der Waals surface area contributed by atoms with E-state index in [0.717, 1.165) is 5.82 Å². The smallest absolute Gasteiger partial charge is 0.234 e. The largest absolute Gasteiger partial charge is 0.409 e. The van der Waals surface area contributed by atoms with Gasteiger partial charge in [0, 0.05) is 19.4 Å². The maximum Gasteiger partial charge on any atom is 0.234 e. The molecule has 7 heteroatoms. The van der Waals surface area contributed by atoms with E-state index in [4.69, 9.17) is 10.9 Å². The van der Waals surface area contributed by atoms with Gasteiger partial charge in [-0.25, -0.2) is 4.98 Å². The lowest BCUT2D eigenvalue weighted by atomic mass is 10.1. The second-order valence-electron chi connectivity index (χ2n) is 4.20. The predicted molar refractivity (Wildman–Crippen MR) is 60.1 cm³/mol. The van der Waals surface area contributed by atoms with E-state index in [0.29, 0.717) is 19.4 Å². The summed E-state index contributed by atoms with van der Waals surface area (Å²) in [6.45, 7) is 0.336. The number of nitrogens with zero attached hydrogens (tertiary/aromatic N) is 3. The Morgan fingerprint density at radius 2 is 2.47 bits per heavy atom. The zero-order valence-electron chi connectivity index (χ0n) is 9.55. The van der Waals surface area contributed by atoms with Crippen molar-refractivity contribution in [3.05, 3.63) is 18.2 Å². The molecule has 0 unspecified atom stereocenters. The number of imidazole rings is 1. The molecule has 0 saturated heterocycles. The van der Waals surface area contributed by atoms with Crippen molar-refractivity contribution in [1.82, 2.24) is 14.9 Å². The number of amides is 1. The molecule has 4 N–H and O–H groups in total. The molecular weight excluding hydrogens is 222 g/mol. The van der Waals surface area contributed by atoms with E-state index in [2.05, 4.69) is 15.5 Å². The topological polar surface area (TPSA) is 106 Å². The van der Waals surface area contributed by atoms with E-state index < -0.39 is 5.41 Å². The molecule has 0 atom stereocenters. The number of nitrogens with two attached hydrogens (primary N) is 1. The van der Waals surface area contributed by atoms with E-state index in [9.17, 15) is 4.79 Å². The SMILES string of the molecule is Cn1ccnc1CNC(=O)C1(/C(N)=N/O)CC1. The third-order valence-corrected chi connectivity index (χ3v) is 3.11. The standard InChI is InChI=1S/C10H15N5O2/c1-15-5-4-12-7(15)6-13-9(16)10(2-3-10)8(11)14-17/h4-5,17H,2-3,6H2,1H3,(H2,11,14)(H,13,16). The van der Waals surface area contributed by atoms with Gasteiger partial charge in [-0.15, -0.1) is 0 Å². The van der Waals surface area contributed by atoms with E-state index >= 15 is 0 Å². The van der Waals surface area contributed by atoms with Crippen molar-refractivity contribution >= 4 is 11.7 Å². The molecule has 17 heavy (non-hydrogen) atoms. The minimum absolute atomic E-state index is 0.0187. The second-order valence-corrected chi connectivity index (χ2v) is 4.20. The van der Waals surface area contributed by atoms with Crippen LogP contribution in [0.2, 0.25) is 0 Å². The first-order chi connectivity index (χ1) is 8.10. The quantitative estimate of drug-likeness (QED) is 0.286. The minimum atomic E-state index is -0.806. The fraction of sp³-hybridized carbons (Fsp3) is 0.500. The average Bonchev–Trinajstić information content (AvgIpc) is 3.04. The molecule has 0 bridgehead atoms. The van der Waals surface area contributed by atoms with Gasteiger partial charge in [-0.2, -0.15) is 0 Å². The molecule has 1 aromatic rings. The number of carbonyl (C=O) groups is 1. The molecule has 7 nitrogen and oxygen atoms in total. The Bertz CT molecular complexity index is 461. The van der Waals surface area contributed by atoms with Crippen LogP contribution in [-0.4, -0.2) is 26.5 Å². The lowest BCUT2D eigenvalue weighted by Crippen LogP contribution is -2.40. The number of amidine groups is 1. The first-order valence-electron chi connectivity index (χ1n) is 5.32. The van der Waals surface area contributed by atoms with Crippen molar-refractivity contribution in [2.75, 3.05) is 0 Å². The Morgan fingerprint density at radius 3 is 2.94 bits per heavy atom. The van der Waals surface area contributed by atoms with Gasteiger partial charge in [0.2, 0.25) is 5.91 Å². The second kappa shape index (κ2) is 4.08. The molecule has 1 fully saturated rings. The Hall–Kier alpha value is -2.05. The molecule has 1 amide bonds. The lowest BCUT2D eigenvalue weighted by molar-refractivity contribution is -0.124. The van der Waals surface area contributed by atoms with E-state index in [-0.39, 0.29) is 11.7 Å². The Morgan fingerprint density at radius 1 is 1.76 bits per heavy atom. The molecule has 0 radical (unpaired) electrons. The summed E-state index contributed by atoms with van der Waals surface area (Å²) in [5.41, 5.74) is 4.71. The maximum absolute atomic E-state index is 11.9. The van der Waals surface area contributed by atoms with Gasteiger partial charge in [0.15, 0.2) is 5.84 Å². The van der Waals surface area contributed by atoms with Crippen LogP contribution in [0.3, 0.4) is 0 Å². The molecule has 1 saturated carbocycles. The number of hydrogen-bond acceptors (Lipinski definition) is 4. The average molecular weight is 237 g/mol. The molecule has 0 aliphatic heterocycles. The van der Waals surface area contributed by atoms with Gasteiger partial charge < -0.3 is 20.8 Å². The number of rotatable bonds is 4. The third kappa shape index (κ3) is 1.95. The number of oxime groups is 1. The van der Waals surface area contributed by atoms with Crippen LogP contribution in [-0.2, 0) is 18.4 Å². The van der Waals surface area contributed by atoms with Crippen molar-refractivity contribution in [3.8, 4) is 0 Å². The fourth-order valence-electron chi connectivity index (χ4n) is 1.72. The molecular formula is C10H15N5O2. The van der Waals surface area contributed by atoms with Crippen LogP contribution in [0.1, 0.15) is 18.7 Å². The first kappa shape index (κ1) is 11.4. The highest BCUT2D eigenvalue weighted by atomic mass is 16.4. The third-order valence-electron chi connectivity index (χ3n) is 3.11. The van der Waals surface area contributed by atoms with E-state index in [1.807, 2.05) is 11.6 Å². The van der Waals surface area contributed by atoms with Gasteiger partial charge in [-0.05, 0) is 12.8 Å². The van der Waals surface area contributed by atoms with Crippen molar-refractivity contribution in [1.29, 1.82) is 0 Å². The van der Waals surface area contributed by atoms with Crippen molar-refractivity contribution in [2.24, 2.45) is 23.4 Å². The molecule has 0 spiro atoms. The van der Waals surface area contributed by atoms with Crippen LogP contribution in [0.4, 0.5) is 0 Å². The molecule has 92 valence electrons. The number of hydrogen-bond donors (Lipinski definition) is 3. The Balaban J connectivity index is 1.97. The summed E-state index contributed by atoms with van der Waals surface area (Å²) in [5, 5.41) is 14.3. The van der Waals surface area contributed by atoms with Crippen molar-refractivity contribution in [3.63, 3.8) is 0 Å². The van der Waals surface area contributed by atoms with Crippen molar-refractivity contribution in [2.45, 2.75) is 19.4 Å². The summed E-state index contributed by atoms with van der Waals surface area (Å²) >= 11 is 0. The first-order valence-corrected chi connectivity index (χ1v) is 5.32. The van der Waals surface area contributed by atoms with E-state index in [1.54, 1.807) is 12.4 Å². The summed E-state index contributed by atoms with van der Waals surface area (Å²) in [4.78, 5) is 16.0. The number of carbonyl (C=O) groups excluding carboxylic acids is 1. The highest BCUT2D eigenvalue weighted by Gasteiger charge is 2.54. The maximum atomic E-state index is 11.9. The molecule has 1 aromatic heterocycles. The zero-order chi connectivity index (χ0) is 12.5. The van der Waals surface area contributed by atoms with Crippen LogP contribution in [0, 0.1) is 5.41 Å². The molecule has 1 heterocycles. The lowest BCUT2D eigenvalue weighted by Gasteiger charge is -2.13. The van der Waals surface area contributed by atoms with Crippen LogP contribution in [0.15, 0.2) is 17.5 Å². The molecule has 2 rings (SSSR count). The highest BCUT2D eigenvalue weighted by Crippen LogP contribution is 2.46. The van der Waals surface area contributed by atoms with Gasteiger partial charge >= 0.3 is 0 Å². The summed E-state index contributed by atoms with van der Waals surface area (Å²) < 4.78 is 1.82. The highest BCUT2D eigenvalue weighted by molar-refractivity contribution is 6.09. The number of aromatic nitrogens is 2. The summed E-state index contributed by atoms with van der Waals surface area (Å²) in [7, 11) is 1.85. The van der Waals surface area contributed by atoms with Gasteiger partial charge in [0.1, 0.15) is 11.2 Å². The normalized spacial score (nSPS) is 17.8. The number of nitrogens with one attached hydrogen (secondary N) is 1. The molecule has 1 aliphatic rings. The van der Waals surface area contributed by atoms with E-state index in [1.165, 1.54) is 0 Å². The van der Waals surface area contributed by atoms with Crippen molar-refractivity contribution < 1.29 is 10.0 Å². The molecule has 0 aromatic carbocycles. The Kier molecular flexibility index (Phi) is 2.74. The minimum Gasteiger partial charge on any atom is -0.409 e. The predicted octanol–water partition coefficient (Wildman–Crippen LogP) is -0.437. The van der Waals surface area contributed by atoms with Crippen LogP contribution < -0.4 is 11.1 Å². The zero-order valence-corrected chi connectivity index (χ0v) is 9.55. The van der Waals surface area contributed by atoms with Gasteiger partial charge in [-0.3, -0.25) is 4.79 Å².